The molecule has 0 bridgehead atoms. The summed E-state index contributed by atoms with van der Waals surface area (Å²) < 4.78 is 23.3. The average molecular weight is 575 g/mol. The number of carbonyl (C=O) groups excluding carboxylic acids is 2. The van der Waals surface area contributed by atoms with Crippen LogP contribution in [0.2, 0.25) is 0 Å². The van der Waals surface area contributed by atoms with E-state index in [1.165, 1.54) is 6.42 Å². The highest BCUT2D eigenvalue weighted by Crippen LogP contribution is 2.27. The minimum atomic E-state index is -2.89. The highest BCUT2D eigenvalue weighted by atomic mass is 32.2. The van der Waals surface area contributed by atoms with E-state index in [-0.39, 0.29) is 29.5 Å². The topological polar surface area (TPSA) is 108 Å². The van der Waals surface area contributed by atoms with Crippen LogP contribution < -0.4 is 16.0 Å². The van der Waals surface area contributed by atoms with Crippen molar-refractivity contribution in [1.82, 2.24) is 10.2 Å². The molecule has 3 amide bonds. The third kappa shape index (κ3) is 7.95. The SMILES string of the molecule is Cc1ccc(NC(=O)NC2CCCCC2)cc1-c1ccc(C(=O)Nc2ccc(CN3CCS(=O)(=O)CC3)cc2)cc1. The van der Waals surface area contributed by atoms with E-state index >= 15 is 0 Å². The number of nitrogens with zero attached hydrogens (tertiary/aromatic N) is 1. The maximum atomic E-state index is 12.9. The molecule has 1 heterocycles. The Morgan fingerprint density at radius 2 is 1.49 bits per heavy atom. The molecule has 0 unspecified atom stereocenters. The Morgan fingerprint density at radius 1 is 0.829 bits per heavy atom. The highest BCUT2D eigenvalue weighted by Gasteiger charge is 2.21. The van der Waals surface area contributed by atoms with E-state index in [0.717, 1.165) is 53.6 Å². The largest absolute Gasteiger partial charge is 0.335 e. The fraction of sp³-hybridized carbons (Fsp3) is 0.375. The molecule has 0 spiro atoms. The number of urea groups is 1. The molecule has 216 valence electrons. The van der Waals surface area contributed by atoms with E-state index in [1.807, 2.05) is 61.5 Å². The minimum absolute atomic E-state index is 0.172. The molecule has 3 aromatic carbocycles. The fourth-order valence-corrected chi connectivity index (χ4v) is 6.75. The molecule has 8 nitrogen and oxygen atoms in total. The lowest BCUT2D eigenvalue weighted by Crippen LogP contribution is -2.39. The number of carbonyl (C=O) groups is 2. The molecule has 0 radical (unpaired) electrons. The molecule has 3 aromatic rings. The van der Waals surface area contributed by atoms with Crippen molar-refractivity contribution in [2.75, 3.05) is 35.2 Å². The van der Waals surface area contributed by atoms with Gasteiger partial charge < -0.3 is 16.0 Å². The molecule has 9 heteroatoms. The van der Waals surface area contributed by atoms with Crippen LogP contribution in [0.1, 0.15) is 53.6 Å². The fourth-order valence-electron chi connectivity index (χ4n) is 5.47. The Labute approximate surface area is 242 Å². The number of aryl methyl sites for hydroxylation is 1. The van der Waals surface area contributed by atoms with E-state index in [0.29, 0.717) is 30.9 Å². The Balaban J connectivity index is 1.17. The standard InChI is InChI=1S/C32H38N4O4S/c1-23-7-14-29(35-32(38)34-27-5-3-2-4-6-27)21-30(23)25-10-12-26(13-11-25)31(37)33-28-15-8-24(9-16-28)22-36-17-19-41(39,40)20-18-36/h7-16,21,27H,2-6,17-20,22H2,1H3,(H,33,37)(H2,34,35,38). The lowest BCUT2D eigenvalue weighted by atomic mass is 9.96. The number of nitrogens with one attached hydrogen (secondary N) is 3. The number of rotatable bonds is 7. The van der Waals surface area contributed by atoms with Crippen molar-refractivity contribution >= 4 is 33.2 Å². The molecule has 2 aliphatic rings. The summed E-state index contributed by atoms with van der Waals surface area (Å²) in [6.45, 7) is 3.81. The van der Waals surface area contributed by atoms with Crippen molar-refractivity contribution in [1.29, 1.82) is 0 Å². The van der Waals surface area contributed by atoms with Gasteiger partial charge in [-0.3, -0.25) is 9.69 Å². The predicted molar refractivity (Wildman–Crippen MR) is 164 cm³/mol. The highest BCUT2D eigenvalue weighted by molar-refractivity contribution is 7.91. The second-order valence-electron chi connectivity index (χ2n) is 11.1. The van der Waals surface area contributed by atoms with Crippen molar-refractivity contribution in [2.45, 2.75) is 51.6 Å². The van der Waals surface area contributed by atoms with Gasteiger partial charge in [-0.2, -0.15) is 0 Å². The summed E-state index contributed by atoms with van der Waals surface area (Å²) in [5.74, 6) is 0.218. The van der Waals surface area contributed by atoms with Gasteiger partial charge in [-0.1, -0.05) is 49.6 Å². The number of hydrogen-bond acceptors (Lipinski definition) is 5. The molecule has 1 aliphatic heterocycles. The summed E-state index contributed by atoms with van der Waals surface area (Å²) >= 11 is 0. The first-order chi connectivity index (χ1) is 19.7. The molecular weight excluding hydrogens is 536 g/mol. The second-order valence-corrected chi connectivity index (χ2v) is 13.4. The zero-order valence-corrected chi connectivity index (χ0v) is 24.3. The third-order valence-electron chi connectivity index (χ3n) is 7.95. The third-order valence-corrected chi connectivity index (χ3v) is 9.56. The van der Waals surface area contributed by atoms with Crippen LogP contribution in [0.5, 0.6) is 0 Å². The first-order valence-corrected chi connectivity index (χ1v) is 16.2. The van der Waals surface area contributed by atoms with Crippen molar-refractivity contribution < 1.29 is 18.0 Å². The van der Waals surface area contributed by atoms with Gasteiger partial charge >= 0.3 is 6.03 Å². The number of benzene rings is 3. The van der Waals surface area contributed by atoms with Crippen LogP contribution in [0, 0.1) is 6.92 Å². The van der Waals surface area contributed by atoms with Crippen LogP contribution in [-0.2, 0) is 16.4 Å². The van der Waals surface area contributed by atoms with Crippen LogP contribution in [-0.4, -0.2) is 55.9 Å². The quantitative estimate of drug-likeness (QED) is 0.341. The van der Waals surface area contributed by atoms with Gasteiger partial charge in [0.2, 0.25) is 0 Å². The zero-order valence-electron chi connectivity index (χ0n) is 23.5. The van der Waals surface area contributed by atoms with E-state index in [1.54, 1.807) is 12.1 Å². The number of anilines is 2. The first-order valence-electron chi connectivity index (χ1n) is 14.4. The van der Waals surface area contributed by atoms with E-state index in [9.17, 15) is 18.0 Å². The van der Waals surface area contributed by atoms with Gasteiger partial charge in [0.25, 0.3) is 5.91 Å². The van der Waals surface area contributed by atoms with Crippen LogP contribution in [0.3, 0.4) is 0 Å². The Kier molecular flexibility index (Phi) is 9.05. The molecule has 5 rings (SSSR count). The zero-order chi connectivity index (χ0) is 28.8. The molecule has 3 N–H and O–H groups in total. The molecule has 2 fully saturated rings. The monoisotopic (exact) mass is 574 g/mol. The molecule has 1 aliphatic carbocycles. The van der Waals surface area contributed by atoms with Crippen LogP contribution in [0.15, 0.2) is 66.7 Å². The summed E-state index contributed by atoms with van der Waals surface area (Å²) in [5, 5.41) is 9.01. The van der Waals surface area contributed by atoms with Gasteiger partial charge in [-0.15, -0.1) is 0 Å². The Hall–Kier alpha value is -3.69. The molecule has 1 saturated carbocycles. The van der Waals surface area contributed by atoms with Gasteiger partial charge in [0.05, 0.1) is 11.5 Å². The molecule has 0 aromatic heterocycles. The normalized spacial score (nSPS) is 17.5. The van der Waals surface area contributed by atoms with Crippen molar-refractivity contribution in [3.63, 3.8) is 0 Å². The summed E-state index contributed by atoms with van der Waals surface area (Å²) in [6, 6.07) is 21.0. The number of amides is 3. The average Bonchev–Trinajstić information content (AvgIpc) is 2.97. The van der Waals surface area contributed by atoms with E-state index in [4.69, 9.17) is 0 Å². The van der Waals surface area contributed by atoms with Crippen LogP contribution >= 0.6 is 0 Å². The second kappa shape index (κ2) is 12.9. The molecule has 0 atom stereocenters. The molecular formula is C32H38N4O4S. The van der Waals surface area contributed by atoms with Crippen LogP contribution in [0.4, 0.5) is 16.2 Å². The van der Waals surface area contributed by atoms with Crippen molar-refractivity contribution in [3.8, 4) is 11.1 Å². The van der Waals surface area contributed by atoms with Gasteiger partial charge in [0.15, 0.2) is 9.84 Å². The van der Waals surface area contributed by atoms with E-state index < -0.39 is 9.84 Å². The summed E-state index contributed by atoms with van der Waals surface area (Å²) in [4.78, 5) is 27.6. The Morgan fingerprint density at radius 3 is 2.17 bits per heavy atom. The molecule has 41 heavy (non-hydrogen) atoms. The van der Waals surface area contributed by atoms with Crippen molar-refractivity contribution in [2.24, 2.45) is 0 Å². The lowest BCUT2D eigenvalue weighted by Gasteiger charge is -2.26. The van der Waals surface area contributed by atoms with Gasteiger partial charge in [0.1, 0.15) is 0 Å². The van der Waals surface area contributed by atoms with Crippen molar-refractivity contribution in [3.05, 3.63) is 83.4 Å². The summed E-state index contributed by atoms with van der Waals surface area (Å²) in [5.41, 5.74) is 6.09. The van der Waals surface area contributed by atoms with E-state index in [2.05, 4.69) is 20.9 Å². The summed E-state index contributed by atoms with van der Waals surface area (Å²) in [6.07, 6.45) is 5.64. The smallest absolute Gasteiger partial charge is 0.319 e. The minimum Gasteiger partial charge on any atom is -0.335 e. The molecule has 1 saturated heterocycles. The summed E-state index contributed by atoms with van der Waals surface area (Å²) in [7, 11) is -2.89. The van der Waals surface area contributed by atoms with Crippen LogP contribution in [0.25, 0.3) is 11.1 Å². The van der Waals surface area contributed by atoms with Gasteiger partial charge in [-0.25, -0.2) is 13.2 Å². The lowest BCUT2D eigenvalue weighted by molar-refractivity contribution is 0.102. The maximum absolute atomic E-state index is 12.9. The first kappa shape index (κ1) is 28.8. The van der Waals surface area contributed by atoms with Gasteiger partial charge in [0, 0.05) is 42.6 Å². The number of hydrogen-bond donors (Lipinski definition) is 3. The Bertz CT molecular complexity index is 1470. The maximum Gasteiger partial charge on any atom is 0.319 e. The number of sulfone groups is 1. The predicted octanol–water partition coefficient (Wildman–Crippen LogP) is 5.60. The van der Waals surface area contributed by atoms with Gasteiger partial charge in [-0.05, 0) is 78.4 Å².